The molecule has 192 valence electrons. The van der Waals surface area contributed by atoms with Crippen LogP contribution in [0.3, 0.4) is 0 Å². The van der Waals surface area contributed by atoms with Gasteiger partial charge in [-0.1, -0.05) is 12.1 Å². The Morgan fingerprint density at radius 1 is 1.18 bits per heavy atom. The fourth-order valence-electron chi connectivity index (χ4n) is 3.88. The van der Waals surface area contributed by atoms with Crippen LogP contribution in [-0.2, 0) is 10.1 Å². The number of ether oxygens (including phenoxy) is 2. The fraction of sp³-hybridized carbons (Fsp3) is 0.0476. The Morgan fingerprint density at radius 3 is 2.74 bits per heavy atom. The van der Waals surface area contributed by atoms with Crippen molar-refractivity contribution in [2.75, 3.05) is 12.4 Å². The predicted molar refractivity (Wildman–Crippen MR) is 130 cm³/mol. The largest absolute Gasteiger partial charge is 0.562 e. The molecule has 0 aliphatic carbocycles. The Balaban J connectivity index is 1.54. The normalized spacial score (nSPS) is 12.4. The summed E-state index contributed by atoms with van der Waals surface area (Å²) < 4.78 is 51.7. The number of aromatic nitrogens is 4. The zero-order valence-corrected chi connectivity index (χ0v) is 20.4. The minimum absolute atomic E-state index is 0.0906. The van der Waals surface area contributed by atoms with Gasteiger partial charge >= 0.3 is 12.1 Å². The van der Waals surface area contributed by atoms with Gasteiger partial charge in [-0.25, -0.2) is 0 Å². The first-order chi connectivity index (χ1) is 18.1. The van der Waals surface area contributed by atoms with Crippen molar-refractivity contribution in [1.29, 1.82) is 0 Å². The summed E-state index contributed by atoms with van der Waals surface area (Å²) in [5, 5.41) is 14.6. The van der Waals surface area contributed by atoms with Crippen LogP contribution in [0.2, 0.25) is 5.28 Å². The second kappa shape index (κ2) is 8.37. The Hall–Kier alpha value is -4.80. The zero-order chi connectivity index (χ0) is 26.8. The molecule has 5 aromatic rings. The van der Waals surface area contributed by atoms with E-state index in [2.05, 4.69) is 25.7 Å². The third kappa shape index (κ3) is 3.92. The maximum absolute atomic E-state index is 12.0. The molecular formula is C21H12ClN7O8S. The van der Waals surface area contributed by atoms with Gasteiger partial charge in [0.2, 0.25) is 16.8 Å². The molecule has 15 nitrogen and oxygen atoms in total. The average molecular weight is 558 g/mol. The molecule has 3 aromatic carbocycles. The molecule has 17 heteroatoms. The fourth-order valence-corrected chi connectivity index (χ4v) is 4.58. The van der Waals surface area contributed by atoms with Crippen LogP contribution in [0, 0.1) is 10.1 Å². The molecule has 0 fully saturated rings. The van der Waals surface area contributed by atoms with E-state index in [1.54, 1.807) is 12.1 Å². The molecule has 0 unspecified atom stereocenters. The number of rotatable bonds is 5. The summed E-state index contributed by atoms with van der Waals surface area (Å²) in [6, 6.07) is 9.39. The summed E-state index contributed by atoms with van der Waals surface area (Å²) >= 11 is 5.94. The molecule has 3 heterocycles. The number of oxazole rings is 1. The van der Waals surface area contributed by atoms with Crippen LogP contribution < -0.4 is 19.5 Å². The highest BCUT2D eigenvalue weighted by Crippen LogP contribution is 2.47. The molecule has 6 rings (SSSR count). The number of nitro groups is 1. The average Bonchev–Trinajstić information content (AvgIpc) is 3.22. The quantitative estimate of drug-likeness (QED) is 0.133. The Labute approximate surface area is 216 Å². The van der Waals surface area contributed by atoms with Crippen molar-refractivity contribution in [3.8, 4) is 17.8 Å². The summed E-state index contributed by atoms with van der Waals surface area (Å²) in [5.74, 6) is 0.0691. The standard InChI is InChI=1S/C21H12ClN7O8S/c1-35-20-25-18(22)24-19(26-20)23-13-8-11(38(32,33)34)6-9-2-4-12-17(16(9)13)37-21-28(27-12)14-7-10(29(30)31)3-5-15(14)36-21/h2-8H,1H3,(H,32,33,34)(H,23,24,25,26). The molecule has 2 N–H and O–H groups in total. The SMILES string of the molecule is COc1nc(Cl)nc(Nc2cc(S(=O)(=O)O)cc3ccc4c(c23)Oc2oc3ccc([N+](=O)[O-])cc3[n+]2[N-]4)n1. The van der Waals surface area contributed by atoms with Gasteiger partial charge in [0.05, 0.1) is 28.7 Å². The number of hydrogen-bond donors (Lipinski definition) is 2. The summed E-state index contributed by atoms with van der Waals surface area (Å²) in [7, 11) is -3.29. The molecule has 0 saturated carbocycles. The number of hydrogen-bond acceptors (Lipinski definition) is 11. The molecule has 2 aromatic heterocycles. The highest BCUT2D eigenvalue weighted by molar-refractivity contribution is 7.85. The van der Waals surface area contributed by atoms with Gasteiger partial charge in [0.25, 0.3) is 21.3 Å². The number of halogens is 1. The van der Waals surface area contributed by atoms with Gasteiger partial charge in [0.1, 0.15) is 5.75 Å². The van der Waals surface area contributed by atoms with Gasteiger partial charge in [-0.15, -0.1) is 0 Å². The lowest BCUT2D eigenvalue weighted by Crippen LogP contribution is -2.30. The smallest absolute Gasteiger partial charge is 0.467 e. The van der Waals surface area contributed by atoms with Gasteiger partial charge in [-0.2, -0.15) is 28.0 Å². The molecule has 1 aliphatic rings. The van der Waals surface area contributed by atoms with E-state index < -0.39 is 19.9 Å². The van der Waals surface area contributed by atoms with E-state index in [1.165, 1.54) is 36.1 Å². The Bertz CT molecular complexity index is 1930. The van der Waals surface area contributed by atoms with E-state index in [-0.39, 0.29) is 51.7 Å². The molecule has 38 heavy (non-hydrogen) atoms. The first kappa shape index (κ1) is 23.6. The van der Waals surface area contributed by atoms with Crippen molar-refractivity contribution >= 4 is 66.6 Å². The van der Waals surface area contributed by atoms with E-state index in [1.807, 2.05) is 0 Å². The summed E-state index contributed by atoms with van der Waals surface area (Å²) in [4.78, 5) is 22.1. The highest BCUT2D eigenvalue weighted by Gasteiger charge is 2.29. The lowest BCUT2D eigenvalue weighted by molar-refractivity contribution is -0.606. The lowest BCUT2D eigenvalue weighted by atomic mass is 10.1. The summed E-state index contributed by atoms with van der Waals surface area (Å²) in [6.07, 6.45) is -0.102. The maximum Gasteiger partial charge on any atom is 0.562 e. The monoisotopic (exact) mass is 557 g/mol. The summed E-state index contributed by atoms with van der Waals surface area (Å²) in [5.41, 5.74) is 5.32. The maximum atomic E-state index is 12.0. The predicted octanol–water partition coefficient (Wildman–Crippen LogP) is 4.19. The van der Waals surface area contributed by atoms with E-state index in [4.69, 9.17) is 25.5 Å². The van der Waals surface area contributed by atoms with E-state index >= 15 is 0 Å². The van der Waals surface area contributed by atoms with E-state index in [0.717, 1.165) is 6.07 Å². The molecule has 1 aliphatic heterocycles. The molecular weight excluding hydrogens is 546 g/mol. The van der Waals surface area contributed by atoms with Crippen LogP contribution in [0.5, 0.6) is 17.8 Å². The van der Waals surface area contributed by atoms with Crippen molar-refractivity contribution in [3.63, 3.8) is 0 Å². The number of benzene rings is 3. The van der Waals surface area contributed by atoms with Gasteiger partial charge in [0, 0.05) is 11.5 Å². The first-order valence-corrected chi connectivity index (χ1v) is 12.3. The van der Waals surface area contributed by atoms with Gasteiger partial charge in [0.15, 0.2) is 0 Å². The van der Waals surface area contributed by atoms with Crippen LogP contribution in [0.15, 0.2) is 51.8 Å². The van der Waals surface area contributed by atoms with Crippen LogP contribution in [0.25, 0.3) is 27.3 Å². The molecule has 0 radical (unpaired) electrons. The van der Waals surface area contributed by atoms with Crippen molar-refractivity contribution in [1.82, 2.24) is 15.0 Å². The molecule has 0 amide bonds. The Morgan fingerprint density at radius 2 is 2.00 bits per heavy atom. The highest BCUT2D eigenvalue weighted by atomic mass is 35.5. The first-order valence-electron chi connectivity index (χ1n) is 10.4. The number of nitrogens with zero attached hydrogens (tertiary/aromatic N) is 6. The van der Waals surface area contributed by atoms with E-state index in [0.29, 0.717) is 16.3 Å². The lowest BCUT2D eigenvalue weighted by Gasteiger charge is -2.24. The van der Waals surface area contributed by atoms with Crippen molar-refractivity contribution in [3.05, 3.63) is 63.3 Å². The minimum atomic E-state index is -4.61. The topological polar surface area (TPSA) is 198 Å². The van der Waals surface area contributed by atoms with Crippen LogP contribution >= 0.6 is 11.6 Å². The van der Waals surface area contributed by atoms with Crippen LogP contribution in [0.1, 0.15) is 0 Å². The number of methoxy groups -OCH3 is 1. The van der Waals surface area contributed by atoms with Gasteiger partial charge in [-0.3, -0.25) is 14.7 Å². The van der Waals surface area contributed by atoms with Gasteiger partial charge in [-0.05, 0) is 40.9 Å². The third-order valence-electron chi connectivity index (χ3n) is 5.49. The summed E-state index contributed by atoms with van der Waals surface area (Å²) in [6.45, 7) is 0. The third-order valence-corrected chi connectivity index (χ3v) is 6.49. The number of anilines is 2. The van der Waals surface area contributed by atoms with Gasteiger partial charge < -0.3 is 24.6 Å². The number of nitrogens with one attached hydrogen (secondary N) is 1. The van der Waals surface area contributed by atoms with Crippen LogP contribution in [-0.4, -0.2) is 40.0 Å². The molecule has 0 atom stereocenters. The number of nitro benzene ring substituents is 1. The number of fused-ring (bicyclic) bond motifs is 6. The molecule has 0 saturated heterocycles. The number of non-ortho nitro benzene ring substituents is 1. The minimum Gasteiger partial charge on any atom is -0.467 e. The van der Waals surface area contributed by atoms with Crippen molar-refractivity contribution in [2.24, 2.45) is 0 Å². The Kier molecular flexibility index (Phi) is 5.20. The second-order valence-electron chi connectivity index (χ2n) is 7.79. The van der Waals surface area contributed by atoms with Crippen molar-refractivity contribution < 1.29 is 36.5 Å². The molecule has 0 spiro atoms. The van der Waals surface area contributed by atoms with E-state index in [9.17, 15) is 23.1 Å². The van der Waals surface area contributed by atoms with Crippen molar-refractivity contribution in [2.45, 2.75) is 4.90 Å². The van der Waals surface area contributed by atoms with Crippen LogP contribution in [0.4, 0.5) is 23.0 Å². The zero-order valence-electron chi connectivity index (χ0n) is 18.8. The molecule has 0 bridgehead atoms. The second-order valence-corrected chi connectivity index (χ2v) is 9.55.